The van der Waals surface area contributed by atoms with E-state index in [2.05, 4.69) is 16.1 Å². The number of rotatable bonds is 8. The Labute approximate surface area is 180 Å². The summed E-state index contributed by atoms with van der Waals surface area (Å²) in [6, 6.07) is 2.88. The van der Waals surface area contributed by atoms with Gasteiger partial charge >= 0.3 is 27.3 Å². The van der Waals surface area contributed by atoms with Crippen LogP contribution < -0.4 is 20.2 Å². The molecule has 0 spiro atoms. The van der Waals surface area contributed by atoms with Gasteiger partial charge in [-0.05, 0) is 52.3 Å². The molecule has 0 bridgehead atoms. The molecule has 0 fully saturated rings. The van der Waals surface area contributed by atoms with Crippen LogP contribution in [-0.2, 0) is 37.3 Å². The summed E-state index contributed by atoms with van der Waals surface area (Å²) in [5.41, 5.74) is -1.05. The van der Waals surface area contributed by atoms with Gasteiger partial charge in [-0.1, -0.05) is 0 Å². The summed E-state index contributed by atoms with van der Waals surface area (Å²) in [4.78, 5) is 0. The van der Waals surface area contributed by atoms with Gasteiger partial charge < -0.3 is 48.8 Å². The fourth-order valence-electron chi connectivity index (χ4n) is 1.45. The molecule has 1 aromatic carbocycles. The van der Waals surface area contributed by atoms with Crippen LogP contribution in [0.4, 0.5) is 10.1 Å². The molecule has 0 atom stereocenters. The van der Waals surface area contributed by atoms with Crippen molar-refractivity contribution in [2.75, 3.05) is 18.9 Å². The third kappa shape index (κ3) is 9.61. The van der Waals surface area contributed by atoms with E-state index in [4.69, 9.17) is 27.6 Å². The van der Waals surface area contributed by atoms with Crippen molar-refractivity contribution in [3.8, 4) is 5.75 Å². The molecule has 0 aliphatic carbocycles. The van der Waals surface area contributed by atoms with E-state index in [0.717, 1.165) is 6.21 Å². The molecule has 1 aromatic rings. The van der Waals surface area contributed by atoms with Crippen LogP contribution in [-0.4, -0.2) is 44.2 Å². The maximum Gasteiger partial charge on any atom is 2.00 e. The molecule has 0 unspecified atom stereocenters. The second-order valence-corrected chi connectivity index (χ2v) is 6.44. The summed E-state index contributed by atoms with van der Waals surface area (Å²) >= 11 is 4.72. The van der Waals surface area contributed by atoms with E-state index < -0.39 is 17.0 Å². The molecular formula is C17H26BFN3O3OsS. The Morgan fingerprint density at radius 3 is 2.30 bits per heavy atom. The minimum absolute atomic E-state index is 0. The standard InChI is InChI=1S/C13H19BFNO3S.C4H7N2.Os/c1-12(2,17)13(3,4)19-14-8-6-9(15)11(18-5)10(7-8)16-20;1-6-4-2-3-5;/h6-7,16-17H,1-5H3;3-6H,1H3;/q2*-1;+2. The number of aliphatic hydroxyl groups is 1. The molecule has 4 N–H and O–H groups in total. The van der Waals surface area contributed by atoms with Gasteiger partial charge in [0.1, 0.15) is 0 Å². The average molecular weight is 573 g/mol. The number of hydrogen-bond acceptors (Lipinski definition) is 7. The van der Waals surface area contributed by atoms with Crippen molar-refractivity contribution >= 4 is 37.7 Å². The van der Waals surface area contributed by atoms with Gasteiger partial charge in [-0.2, -0.15) is 12.4 Å². The summed E-state index contributed by atoms with van der Waals surface area (Å²) in [6.45, 7) is 6.78. The molecule has 0 aliphatic rings. The molecule has 1 rings (SSSR count). The van der Waals surface area contributed by atoms with E-state index in [1.807, 2.05) is 0 Å². The molecule has 0 aliphatic heterocycles. The van der Waals surface area contributed by atoms with Crippen molar-refractivity contribution < 1.29 is 38.7 Å². The van der Waals surface area contributed by atoms with Crippen LogP contribution in [0.3, 0.4) is 0 Å². The molecule has 0 aromatic heterocycles. The zero-order valence-corrected chi connectivity index (χ0v) is 19.6. The number of allylic oxidation sites excluding steroid dienone is 1. The van der Waals surface area contributed by atoms with Crippen LogP contribution in [0.2, 0.25) is 0 Å². The van der Waals surface area contributed by atoms with E-state index in [1.165, 1.54) is 20.7 Å². The van der Waals surface area contributed by atoms with Gasteiger partial charge in [0.15, 0.2) is 11.6 Å². The molecule has 151 valence electrons. The van der Waals surface area contributed by atoms with Crippen LogP contribution in [0.15, 0.2) is 18.3 Å². The van der Waals surface area contributed by atoms with Gasteiger partial charge in [-0.15, -0.1) is 0 Å². The topological polar surface area (TPSA) is 86.6 Å². The number of anilines is 1. The minimum atomic E-state index is -1.05. The van der Waals surface area contributed by atoms with E-state index in [1.54, 1.807) is 47.0 Å². The predicted octanol–water partition coefficient (Wildman–Crippen LogP) is 1.69. The first-order valence-electron chi connectivity index (χ1n) is 7.77. The smallest absolute Gasteiger partial charge is 0.670 e. The Kier molecular flexibility index (Phi) is 13.7. The van der Waals surface area contributed by atoms with Crippen LogP contribution in [0.5, 0.6) is 5.75 Å². The van der Waals surface area contributed by atoms with Crippen LogP contribution >= 0.6 is 0 Å². The monoisotopic (exact) mass is 574 g/mol. The van der Waals surface area contributed by atoms with Gasteiger partial charge in [0, 0.05) is 0 Å². The second kappa shape index (κ2) is 13.2. The number of halogens is 1. The normalized spacial score (nSPS) is 11.0. The molecule has 0 heterocycles. The van der Waals surface area contributed by atoms with Gasteiger partial charge in [-0.25, -0.2) is 4.39 Å². The zero-order valence-electron chi connectivity index (χ0n) is 16.3. The third-order valence-electron chi connectivity index (χ3n) is 3.65. The predicted molar refractivity (Wildman–Crippen MR) is 106 cm³/mol. The fourth-order valence-corrected chi connectivity index (χ4v) is 1.60. The SMILES string of the molecule is CNC=[C-]C=N.COc1c(F)cc([B]OC(C)(C)C(C)(C)O)cc1N[S-].[Os+2]. The number of benzene rings is 1. The summed E-state index contributed by atoms with van der Waals surface area (Å²) in [5.74, 6) is -0.489. The number of nitrogens with one attached hydrogen (secondary N) is 3. The van der Waals surface area contributed by atoms with E-state index in [9.17, 15) is 9.50 Å². The van der Waals surface area contributed by atoms with Gasteiger partial charge in [0.2, 0.25) is 0 Å². The Morgan fingerprint density at radius 1 is 1.33 bits per heavy atom. The first-order chi connectivity index (χ1) is 12.0. The van der Waals surface area contributed by atoms with Crippen molar-refractivity contribution in [3.63, 3.8) is 0 Å². The molecule has 27 heavy (non-hydrogen) atoms. The van der Waals surface area contributed by atoms with E-state index >= 15 is 0 Å². The molecule has 10 heteroatoms. The van der Waals surface area contributed by atoms with E-state index in [-0.39, 0.29) is 25.5 Å². The summed E-state index contributed by atoms with van der Waals surface area (Å²) < 4.78 is 26.8. The summed E-state index contributed by atoms with van der Waals surface area (Å²) in [5, 5.41) is 19.1. The minimum Gasteiger partial charge on any atom is -0.670 e. The number of ether oxygens (including phenoxy) is 1. The Hall–Kier alpha value is -1.07. The maximum absolute atomic E-state index is 13.8. The van der Waals surface area contributed by atoms with Crippen LogP contribution in [0.1, 0.15) is 27.7 Å². The molecule has 1 radical (unpaired) electrons. The largest absolute Gasteiger partial charge is 2.00 e. The number of hydrogen-bond donors (Lipinski definition) is 4. The second-order valence-electron chi connectivity index (χ2n) is 6.23. The van der Waals surface area contributed by atoms with Crippen molar-refractivity contribution in [3.05, 3.63) is 30.2 Å². The van der Waals surface area contributed by atoms with Crippen molar-refractivity contribution in [1.29, 1.82) is 5.41 Å². The molecule has 6 nitrogen and oxygen atoms in total. The molecule has 0 amide bonds. The first kappa shape index (κ1) is 28.1. The molecule has 0 saturated carbocycles. The summed E-state index contributed by atoms with van der Waals surface area (Å²) in [6.07, 6.45) is 5.16. The van der Waals surface area contributed by atoms with Gasteiger partial charge in [-0.3, -0.25) is 0 Å². The Balaban J connectivity index is 0. The van der Waals surface area contributed by atoms with Crippen molar-refractivity contribution in [1.82, 2.24) is 5.32 Å². The summed E-state index contributed by atoms with van der Waals surface area (Å²) in [7, 11) is 4.51. The maximum atomic E-state index is 13.8. The fraction of sp³-hybridized carbons (Fsp3) is 0.471. The third-order valence-corrected chi connectivity index (χ3v) is 3.87. The van der Waals surface area contributed by atoms with Gasteiger partial charge in [0.25, 0.3) is 0 Å². The number of methoxy groups -OCH3 is 1. The Bertz CT molecular complexity index is 614. The molecule has 0 saturated heterocycles. The van der Waals surface area contributed by atoms with E-state index in [0.29, 0.717) is 11.2 Å². The molecular weight excluding hydrogens is 546 g/mol. The van der Waals surface area contributed by atoms with Crippen LogP contribution in [0.25, 0.3) is 0 Å². The van der Waals surface area contributed by atoms with Crippen molar-refractivity contribution in [2.24, 2.45) is 0 Å². The van der Waals surface area contributed by atoms with Gasteiger partial charge in [0.05, 0.1) is 24.0 Å². The quantitative estimate of drug-likeness (QED) is 0.164. The zero-order chi connectivity index (χ0) is 20.4. The van der Waals surface area contributed by atoms with Crippen LogP contribution in [0, 0.1) is 17.3 Å². The van der Waals surface area contributed by atoms with Crippen molar-refractivity contribution in [2.45, 2.75) is 38.9 Å². The first-order valence-corrected chi connectivity index (χ1v) is 8.18. The Morgan fingerprint density at radius 2 is 1.93 bits per heavy atom. The average Bonchev–Trinajstić information content (AvgIpc) is 2.57.